The number of alkyl carbamates (subject to hydrolysis) is 1. The second-order valence-corrected chi connectivity index (χ2v) is 9.72. The average Bonchev–Trinajstić information content (AvgIpc) is 2.75. The third-order valence-corrected chi connectivity index (χ3v) is 6.47. The molecule has 0 aromatic rings. The van der Waals surface area contributed by atoms with Gasteiger partial charge in [0.05, 0.1) is 26.7 Å². The predicted octanol–water partition coefficient (Wildman–Crippen LogP) is 3.68. The number of carbonyl (C=O) groups is 1. The molecular formula is C27H57BrN2O2. The Morgan fingerprint density at radius 3 is 1.59 bits per heavy atom. The van der Waals surface area contributed by atoms with Gasteiger partial charge in [-0.05, 0) is 19.3 Å². The third kappa shape index (κ3) is 24.4. The summed E-state index contributed by atoms with van der Waals surface area (Å²) < 4.78 is 5.38. The van der Waals surface area contributed by atoms with E-state index in [9.17, 15) is 4.79 Å². The van der Waals surface area contributed by atoms with Crippen LogP contribution in [-0.2, 0) is 4.74 Å². The molecule has 0 fully saturated rings. The van der Waals surface area contributed by atoms with Gasteiger partial charge in [0.1, 0.15) is 0 Å². The monoisotopic (exact) mass is 520 g/mol. The number of unbranched alkanes of at least 4 members (excludes halogenated alkanes) is 15. The first-order valence-corrected chi connectivity index (χ1v) is 13.8. The summed E-state index contributed by atoms with van der Waals surface area (Å²) in [5.74, 6) is 0. The summed E-state index contributed by atoms with van der Waals surface area (Å²) in [5, 5.41) is 2.87. The first-order chi connectivity index (χ1) is 15.1. The van der Waals surface area contributed by atoms with Gasteiger partial charge in [-0.2, -0.15) is 0 Å². The molecule has 0 heterocycles. The smallest absolute Gasteiger partial charge is 0.407 e. The highest BCUT2D eigenvalue weighted by molar-refractivity contribution is 5.66. The molecule has 0 aliphatic heterocycles. The van der Waals surface area contributed by atoms with E-state index in [1.165, 1.54) is 114 Å². The highest BCUT2D eigenvalue weighted by Crippen LogP contribution is 2.13. The van der Waals surface area contributed by atoms with Crippen molar-refractivity contribution >= 4 is 6.09 Å². The predicted molar refractivity (Wildman–Crippen MR) is 135 cm³/mol. The molecule has 32 heavy (non-hydrogen) atoms. The number of amides is 1. The largest absolute Gasteiger partial charge is 1.00 e. The maximum Gasteiger partial charge on any atom is 0.407 e. The number of hydrogen-bond acceptors (Lipinski definition) is 2. The van der Waals surface area contributed by atoms with E-state index in [1.54, 1.807) is 0 Å². The molecule has 0 saturated carbocycles. The van der Waals surface area contributed by atoms with Crippen LogP contribution < -0.4 is 27.2 Å². The molecule has 0 aromatic carbocycles. The average molecular weight is 522 g/mol. The van der Waals surface area contributed by atoms with Gasteiger partial charge in [-0.3, -0.25) is 0 Å². The molecule has 4 nitrogen and oxygen atoms in total. The first kappa shape index (κ1) is 33.9. The number of quaternary nitrogens is 1. The molecule has 0 radical (unpaired) electrons. The van der Waals surface area contributed by atoms with Crippen LogP contribution in [0.25, 0.3) is 0 Å². The lowest BCUT2D eigenvalue weighted by Gasteiger charge is -2.21. The van der Waals surface area contributed by atoms with E-state index < -0.39 is 0 Å². The summed E-state index contributed by atoms with van der Waals surface area (Å²) in [7, 11) is 4.45. The van der Waals surface area contributed by atoms with Gasteiger partial charge in [0, 0.05) is 13.0 Å². The Hall–Kier alpha value is -0.290. The van der Waals surface area contributed by atoms with Crippen molar-refractivity contribution in [3.63, 3.8) is 0 Å². The van der Waals surface area contributed by atoms with Crippen LogP contribution in [0, 0.1) is 0 Å². The minimum Gasteiger partial charge on any atom is -1.00 e. The molecule has 5 heteroatoms. The molecule has 0 rings (SSSR count). The lowest BCUT2D eigenvalue weighted by molar-refractivity contribution is -0.886. The second kappa shape index (κ2) is 27.0. The van der Waals surface area contributed by atoms with Gasteiger partial charge >= 0.3 is 6.09 Å². The Morgan fingerprint density at radius 1 is 0.688 bits per heavy atom. The Balaban J connectivity index is 0. The van der Waals surface area contributed by atoms with E-state index in [2.05, 4.69) is 33.3 Å². The minimum atomic E-state index is -0.245. The summed E-state index contributed by atoms with van der Waals surface area (Å²) in [6.07, 6.45) is 24.9. The summed E-state index contributed by atoms with van der Waals surface area (Å²) in [5.41, 5.74) is 0. The van der Waals surface area contributed by atoms with E-state index in [1.807, 2.05) is 0 Å². The van der Waals surface area contributed by atoms with Crippen LogP contribution in [0.3, 0.4) is 0 Å². The number of ether oxygens (including phenoxy) is 1. The SMILES string of the molecule is CCCCCCCCCCCCCCCC(CCOC(=O)NCCCCCC)[NH+](C)C.[Br-]. The van der Waals surface area contributed by atoms with Gasteiger partial charge in [0.15, 0.2) is 0 Å². The van der Waals surface area contributed by atoms with Crippen LogP contribution in [-0.4, -0.2) is 39.4 Å². The van der Waals surface area contributed by atoms with Crippen molar-refractivity contribution in [3.05, 3.63) is 0 Å². The van der Waals surface area contributed by atoms with Crippen molar-refractivity contribution < 1.29 is 31.4 Å². The molecule has 0 bridgehead atoms. The van der Waals surface area contributed by atoms with E-state index in [0.717, 1.165) is 19.4 Å². The summed E-state index contributed by atoms with van der Waals surface area (Å²) >= 11 is 0. The Bertz CT molecular complexity index is 381. The molecule has 0 aliphatic carbocycles. The second-order valence-electron chi connectivity index (χ2n) is 9.72. The van der Waals surface area contributed by atoms with Gasteiger partial charge in [0.2, 0.25) is 0 Å². The van der Waals surface area contributed by atoms with Crippen LogP contribution in [0.2, 0.25) is 0 Å². The minimum absolute atomic E-state index is 0. The van der Waals surface area contributed by atoms with Gasteiger partial charge < -0.3 is 31.9 Å². The molecular weight excluding hydrogens is 464 g/mol. The summed E-state index contributed by atoms with van der Waals surface area (Å²) in [4.78, 5) is 13.2. The van der Waals surface area contributed by atoms with Gasteiger partial charge in [-0.25, -0.2) is 4.79 Å². The number of hydrogen-bond donors (Lipinski definition) is 2. The fourth-order valence-electron chi connectivity index (χ4n) is 4.22. The van der Waals surface area contributed by atoms with E-state index in [-0.39, 0.29) is 23.1 Å². The van der Waals surface area contributed by atoms with E-state index >= 15 is 0 Å². The summed E-state index contributed by atoms with van der Waals surface area (Å²) in [6, 6.07) is 0.588. The van der Waals surface area contributed by atoms with E-state index in [0.29, 0.717) is 12.6 Å². The highest BCUT2D eigenvalue weighted by Gasteiger charge is 2.15. The molecule has 0 aromatic heterocycles. The zero-order chi connectivity index (χ0) is 23.0. The van der Waals surface area contributed by atoms with Crippen molar-refractivity contribution in [2.75, 3.05) is 27.2 Å². The van der Waals surface area contributed by atoms with Crippen LogP contribution in [0.1, 0.15) is 136 Å². The van der Waals surface area contributed by atoms with Crippen molar-refractivity contribution in [2.45, 2.75) is 142 Å². The zero-order valence-corrected chi connectivity index (χ0v) is 23.7. The van der Waals surface area contributed by atoms with Gasteiger partial charge in [-0.15, -0.1) is 0 Å². The Kier molecular flexibility index (Phi) is 28.5. The van der Waals surface area contributed by atoms with Crippen LogP contribution in [0.4, 0.5) is 4.79 Å². The van der Waals surface area contributed by atoms with Crippen LogP contribution >= 0.6 is 0 Å². The first-order valence-electron chi connectivity index (χ1n) is 13.8. The van der Waals surface area contributed by atoms with Crippen molar-refractivity contribution in [1.29, 1.82) is 0 Å². The van der Waals surface area contributed by atoms with Crippen molar-refractivity contribution in [3.8, 4) is 0 Å². The highest BCUT2D eigenvalue weighted by atomic mass is 79.9. The number of carbonyl (C=O) groups excluding carboxylic acids is 1. The maximum atomic E-state index is 11.8. The quantitative estimate of drug-likeness (QED) is 0.202. The molecule has 1 atom stereocenters. The lowest BCUT2D eigenvalue weighted by atomic mass is 10.0. The maximum absolute atomic E-state index is 11.8. The normalized spacial score (nSPS) is 11.9. The molecule has 1 unspecified atom stereocenters. The topological polar surface area (TPSA) is 42.8 Å². The molecule has 194 valence electrons. The Morgan fingerprint density at radius 2 is 1.12 bits per heavy atom. The fourth-order valence-corrected chi connectivity index (χ4v) is 4.22. The molecule has 0 saturated heterocycles. The molecule has 0 spiro atoms. The van der Waals surface area contributed by atoms with Crippen molar-refractivity contribution in [2.24, 2.45) is 0 Å². The number of halogens is 1. The van der Waals surface area contributed by atoms with E-state index in [4.69, 9.17) is 4.74 Å². The number of nitrogens with one attached hydrogen (secondary N) is 2. The Labute approximate surface area is 211 Å². The summed E-state index contributed by atoms with van der Waals surface area (Å²) in [6.45, 7) is 5.76. The lowest BCUT2D eigenvalue weighted by Crippen LogP contribution is -3.10. The van der Waals surface area contributed by atoms with Crippen LogP contribution in [0.5, 0.6) is 0 Å². The number of rotatable bonds is 23. The van der Waals surface area contributed by atoms with Gasteiger partial charge in [-0.1, -0.05) is 110 Å². The van der Waals surface area contributed by atoms with Crippen molar-refractivity contribution in [1.82, 2.24) is 5.32 Å². The standard InChI is InChI=1S/C27H56N2O2.BrH/c1-5-7-9-11-12-13-14-15-16-17-18-19-20-22-26(29(3)4)23-25-31-27(30)28-24-21-10-8-6-2;/h26H,5-25H2,1-4H3,(H,28,30);1H. The molecule has 2 N–H and O–H groups in total. The van der Waals surface area contributed by atoms with Gasteiger partial charge in [0.25, 0.3) is 0 Å². The fraction of sp³-hybridized carbons (Fsp3) is 0.963. The third-order valence-electron chi connectivity index (χ3n) is 6.47. The zero-order valence-electron chi connectivity index (χ0n) is 22.1. The molecule has 0 aliphatic rings. The van der Waals surface area contributed by atoms with Crippen LogP contribution in [0.15, 0.2) is 0 Å². The molecule has 1 amide bonds.